The Balaban J connectivity index is 1.42. The van der Waals surface area contributed by atoms with Crippen LogP contribution in [0.1, 0.15) is 36.0 Å². The number of hydrogen-bond acceptors (Lipinski definition) is 4. The van der Waals surface area contributed by atoms with Crippen LogP contribution < -0.4 is 19.7 Å². The van der Waals surface area contributed by atoms with Crippen LogP contribution in [0.2, 0.25) is 5.02 Å². The average molecular weight is 530 g/mol. The Bertz CT molecular complexity index is 1100. The standard InChI is InChI=1S/C27H30BrClN2O2/c1-19-8-4-5-9-21(19)18-33-27-23(28)14-20(15-26(27)32-2)17-30-22-10-11-25(24(29)16-22)31-12-6-3-7-13-31/h4-5,8-11,14-16,30H,3,6-7,12-13,17-18H2,1-2H3. The van der Waals surface area contributed by atoms with Crippen LogP contribution in [0, 0.1) is 6.92 Å². The van der Waals surface area contributed by atoms with Gasteiger partial charge in [-0.1, -0.05) is 35.9 Å². The number of benzene rings is 3. The Hall–Kier alpha value is -2.37. The topological polar surface area (TPSA) is 33.7 Å². The number of methoxy groups -OCH3 is 1. The molecule has 1 N–H and O–H groups in total. The first-order valence-electron chi connectivity index (χ1n) is 11.4. The first-order chi connectivity index (χ1) is 16.0. The number of halogens is 2. The molecule has 0 bridgehead atoms. The molecule has 4 nitrogen and oxygen atoms in total. The van der Waals surface area contributed by atoms with Crippen LogP contribution in [-0.4, -0.2) is 20.2 Å². The minimum absolute atomic E-state index is 0.487. The molecule has 1 aliphatic rings. The molecule has 0 aromatic heterocycles. The van der Waals surface area contributed by atoms with Crippen molar-refractivity contribution in [2.75, 3.05) is 30.4 Å². The lowest BCUT2D eigenvalue weighted by Gasteiger charge is -2.29. The van der Waals surface area contributed by atoms with Gasteiger partial charge in [-0.25, -0.2) is 0 Å². The zero-order valence-corrected chi connectivity index (χ0v) is 21.5. The van der Waals surface area contributed by atoms with E-state index >= 15 is 0 Å². The van der Waals surface area contributed by atoms with Gasteiger partial charge in [-0.3, -0.25) is 0 Å². The number of hydrogen-bond donors (Lipinski definition) is 1. The second-order valence-electron chi connectivity index (χ2n) is 8.39. The fourth-order valence-corrected chi connectivity index (χ4v) is 5.05. The third kappa shape index (κ3) is 5.96. The Kier molecular flexibility index (Phi) is 8.05. The molecule has 174 valence electrons. The van der Waals surface area contributed by atoms with E-state index in [-0.39, 0.29) is 0 Å². The van der Waals surface area contributed by atoms with E-state index < -0.39 is 0 Å². The molecular formula is C27H30BrClN2O2. The third-order valence-corrected chi connectivity index (χ3v) is 6.96. The maximum Gasteiger partial charge on any atom is 0.175 e. The van der Waals surface area contributed by atoms with Crippen LogP contribution in [-0.2, 0) is 13.2 Å². The van der Waals surface area contributed by atoms with E-state index in [0.717, 1.165) is 45.1 Å². The van der Waals surface area contributed by atoms with Crippen molar-refractivity contribution < 1.29 is 9.47 Å². The van der Waals surface area contributed by atoms with Crippen molar-refractivity contribution in [2.45, 2.75) is 39.3 Å². The lowest BCUT2D eigenvalue weighted by atomic mass is 10.1. The Labute approximate surface area is 210 Å². The van der Waals surface area contributed by atoms with Gasteiger partial charge in [0.05, 0.1) is 22.3 Å². The molecule has 0 atom stereocenters. The summed E-state index contributed by atoms with van der Waals surface area (Å²) in [4.78, 5) is 2.38. The summed E-state index contributed by atoms with van der Waals surface area (Å²) in [5.74, 6) is 1.41. The van der Waals surface area contributed by atoms with Crippen molar-refractivity contribution in [3.8, 4) is 11.5 Å². The minimum atomic E-state index is 0.487. The summed E-state index contributed by atoms with van der Waals surface area (Å²) in [6.07, 6.45) is 3.78. The van der Waals surface area contributed by atoms with Crippen LogP contribution >= 0.6 is 27.5 Å². The molecule has 3 aromatic carbocycles. The molecule has 1 saturated heterocycles. The van der Waals surface area contributed by atoms with Gasteiger partial charge in [0.25, 0.3) is 0 Å². The van der Waals surface area contributed by atoms with Gasteiger partial charge >= 0.3 is 0 Å². The summed E-state index contributed by atoms with van der Waals surface area (Å²) in [6.45, 7) is 5.38. The molecule has 6 heteroatoms. The molecule has 33 heavy (non-hydrogen) atoms. The normalized spacial score (nSPS) is 13.6. The van der Waals surface area contributed by atoms with E-state index in [9.17, 15) is 0 Å². The maximum atomic E-state index is 6.61. The van der Waals surface area contributed by atoms with Crippen molar-refractivity contribution >= 4 is 38.9 Å². The molecule has 0 aliphatic carbocycles. The van der Waals surface area contributed by atoms with Crippen molar-refractivity contribution in [2.24, 2.45) is 0 Å². The fourth-order valence-electron chi connectivity index (χ4n) is 4.15. The second kappa shape index (κ2) is 11.2. The van der Waals surface area contributed by atoms with Gasteiger partial charge in [-0.15, -0.1) is 0 Å². The first-order valence-corrected chi connectivity index (χ1v) is 12.5. The molecule has 0 amide bonds. The lowest BCUT2D eigenvalue weighted by molar-refractivity contribution is 0.282. The van der Waals surface area contributed by atoms with Gasteiger partial charge in [0.1, 0.15) is 6.61 Å². The van der Waals surface area contributed by atoms with E-state index in [1.807, 2.05) is 24.3 Å². The number of piperidine rings is 1. The molecule has 0 saturated carbocycles. The maximum absolute atomic E-state index is 6.61. The van der Waals surface area contributed by atoms with Crippen LogP contribution in [0.25, 0.3) is 0 Å². The SMILES string of the molecule is COc1cc(CNc2ccc(N3CCCCC3)c(Cl)c2)cc(Br)c1OCc1ccccc1C. The lowest BCUT2D eigenvalue weighted by Crippen LogP contribution is -2.29. The van der Waals surface area contributed by atoms with Crippen LogP contribution in [0.15, 0.2) is 59.1 Å². The van der Waals surface area contributed by atoms with Gasteiger partial charge in [0.15, 0.2) is 11.5 Å². The van der Waals surface area contributed by atoms with Gasteiger partial charge in [-0.2, -0.15) is 0 Å². The quantitative estimate of drug-likeness (QED) is 0.326. The Morgan fingerprint density at radius 1 is 1.03 bits per heavy atom. The number of ether oxygens (including phenoxy) is 2. The molecule has 3 aromatic rings. The largest absolute Gasteiger partial charge is 0.493 e. The van der Waals surface area contributed by atoms with Gasteiger partial charge in [0, 0.05) is 25.3 Å². The molecule has 1 fully saturated rings. The number of aryl methyl sites for hydroxylation is 1. The van der Waals surface area contributed by atoms with Gasteiger partial charge in [0.2, 0.25) is 0 Å². The predicted molar refractivity (Wildman–Crippen MR) is 141 cm³/mol. The minimum Gasteiger partial charge on any atom is -0.493 e. The highest BCUT2D eigenvalue weighted by Gasteiger charge is 2.15. The fraction of sp³-hybridized carbons (Fsp3) is 0.333. The van der Waals surface area contributed by atoms with E-state index in [4.69, 9.17) is 21.1 Å². The summed E-state index contributed by atoms with van der Waals surface area (Å²) in [6, 6.07) is 18.5. The second-order valence-corrected chi connectivity index (χ2v) is 9.65. The van der Waals surface area contributed by atoms with E-state index in [1.165, 1.54) is 24.8 Å². The molecular weight excluding hydrogens is 500 g/mol. The molecule has 1 heterocycles. The van der Waals surface area contributed by atoms with Crippen LogP contribution in [0.5, 0.6) is 11.5 Å². The summed E-state index contributed by atoms with van der Waals surface area (Å²) in [5, 5.41) is 4.27. The van der Waals surface area contributed by atoms with Gasteiger partial charge < -0.3 is 19.7 Å². The van der Waals surface area contributed by atoms with Crippen molar-refractivity contribution in [3.63, 3.8) is 0 Å². The molecule has 0 radical (unpaired) electrons. The van der Waals surface area contributed by atoms with E-state index in [2.05, 4.69) is 63.4 Å². The predicted octanol–water partition coefficient (Wildman–Crippen LogP) is 7.60. The number of anilines is 2. The molecule has 4 rings (SSSR count). The monoisotopic (exact) mass is 528 g/mol. The summed E-state index contributed by atoms with van der Waals surface area (Å²) in [7, 11) is 1.67. The van der Waals surface area contributed by atoms with E-state index in [0.29, 0.717) is 24.7 Å². The molecule has 1 aliphatic heterocycles. The van der Waals surface area contributed by atoms with Crippen molar-refractivity contribution in [3.05, 3.63) is 80.8 Å². The summed E-state index contributed by atoms with van der Waals surface area (Å²) < 4.78 is 12.6. The first kappa shape index (κ1) is 23.8. The highest BCUT2D eigenvalue weighted by molar-refractivity contribution is 9.10. The Morgan fingerprint density at radius 2 is 1.82 bits per heavy atom. The third-order valence-electron chi connectivity index (χ3n) is 6.06. The molecule has 0 unspecified atom stereocenters. The zero-order valence-electron chi connectivity index (χ0n) is 19.2. The van der Waals surface area contributed by atoms with Crippen LogP contribution in [0.4, 0.5) is 11.4 Å². The highest BCUT2D eigenvalue weighted by atomic mass is 79.9. The summed E-state index contributed by atoms with van der Waals surface area (Å²) in [5.41, 5.74) is 5.57. The number of nitrogens with one attached hydrogen (secondary N) is 1. The smallest absolute Gasteiger partial charge is 0.175 e. The number of nitrogens with zero attached hydrogens (tertiary/aromatic N) is 1. The van der Waals surface area contributed by atoms with Crippen molar-refractivity contribution in [1.82, 2.24) is 0 Å². The Morgan fingerprint density at radius 3 is 2.55 bits per heavy atom. The van der Waals surface area contributed by atoms with Crippen molar-refractivity contribution in [1.29, 1.82) is 0 Å². The number of rotatable bonds is 8. The zero-order chi connectivity index (χ0) is 23.2. The highest BCUT2D eigenvalue weighted by Crippen LogP contribution is 2.38. The van der Waals surface area contributed by atoms with Crippen LogP contribution in [0.3, 0.4) is 0 Å². The molecule has 0 spiro atoms. The summed E-state index contributed by atoms with van der Waals surface area (Å²) >= 11 is 10.3. The van der Waals surface area contributed by atoms with Gasteiger partial charge in [-0.05, 0) is 89.1 Å². The van der Waals surface area contributed by atoms with E-state index in [1.54, 1.807) is 7.11 Å². The average Bonchev–Trinajstić information content (AvgIpc) is 2.83.